The average molecular weight is 627 g/mol. The average Bonchev–Trinajstić information content (AvgIpc) is 3.74. The number of benzene rings is 3. The van der Waals surface area contributed by atoms with Crippen LogP contribution in [0.2, 0.25) is 0 Å². The summed E-state index contributed by atoms with van der Waals surface area (Å²) in [6.07, 6.45) is 7.44. The van der Waals surface area contributed by atoms with Gasteiger partial charge in [0, 0.05) is 38.7 Å². The zero-order valence-electron chi connectivity index (χ0n) is 26.9. The number of hydrogen-bond acceptors (Lipinski definition) is 7. The number of fused-ring (bicyclic) bond motifs is 1. The van der Waals surface area contributed by atoms with Crippen LogP contribution in [-0.4, -0.2) is 74.2 Å². The van der Waals surface area contributed by atoms with Gasteiger partial charge in [-0.3, -0.25) is 14.6 Å². The molecule has 0 N–H and O–H groups in total. The lowest BCUT2D eigenvalue weighted by Gasteiger charge is -2.39. The van der Waals surface area contributed by atoms with Crippen molar-refractivity contribution in [3.63, 3.8) is 0 Å². The maximum Gasteiger partial charge on any atom is 0.195 e. The van der Waals surface area contributed by atoms with Gasteiger partial charge >= 0.3 is 0 Å². The highest BCUT2D eigenvalue weighted by Gasteiger charge is 2.30. The molecule has 3 aromatic carbocycles. The number of rotatable bonds is 13. The Hall–Kier alpha value is -3.39. The Morgan fingerprint density at radius 3 is 2.27 bits per heavy atom. The fraction of sp³-hybridized carbons (Fsp3) is 0.447. The van der Waals surface area contributed by atoms with Crippen molar-refractivity contribution >= 4 is 27.2 Å². The third-order valence-electron chi connectivity index (χ3n) is 9.47. The normalized spacial score (nSPS) is 18.8. The standard InChI is InChI=1S/C38H46N2O4S/c1-4-40(5-2)33-10-6-7-11-34(33)44-30-18-12-27(13-19-30)37(41)36-32-21-20-31(42-3)26-35(32)45-38(36)28-14-16-29(17-15-28)43-25-24-39-22-8-9-23-39/h12-21,26,33-34H,4-11,22-25H2,1-3H3. The van der Waals surface area contributed by atoms with Crippen LogP contribution in [0.5, 0.6) is 17.2 Å². The molecule has 6 rings (SSSR count). The van der Waals surface area contributed by atoms with Crippen LogP contribution in [0.3, 0.4) is 0 Å². The van der Waals surface area contributed by atoms with Gasteiger partial charge in [-0.1, -0.05) is 20.3 Å². The van der Waals surface area contributed by atoms with E-state index < -0.39 is 0 Å². The van der Waals surface area contributed by atoms with Crippen molar-refractivity contribution in [3.05, 3.63) is 77.9 Å². The topological polar surface area (TPSA) is 51.2 Å². The van der Waals surface area contributed by atoms with Crippen LogP contribution in [0.4, 0.5) is 0 Å². The number of ether oxygens (including phenoxy) is 3. The molecule has 45 heavy (non-hydrogen) atoms. The lowest BCUT2D eigenvalue weighted by Crippen LogP contribution is -2.47. The Balaban J connectivity index is 1.23. The lowest BCUT2D eigenvalue weighted by atomic mass is 9.91. The fourth-order valence-electron chi connectivity index (χ4n) is 6.96. The number of ketones is 1. The van der Waals surface area contributed by atoms with E-state index in [2.05, 4.69) is 35.8 Å². The van der Waals surface area contributed by atoms with Crippen molar-refractivity contribution in [2.45, 2.75) is 64.5 Å². The van der Waals surface area contributed by atoms with E-state index in [9.17, 15) is 4.79 Å². The molecular formula is C38H46N2O4S. The van der Waals surface area contributed by atoms with E-state index in [1.807, 2.05) is 54.6 Å². The molecule has 2 aliphatic rings. The van der Waals surface area contributed by atoms with Crippen LogP contribution in [0.15, 0.2) is 66.7 Å². The maximum absolute atomic E-state index is 14.2. The highest BCUT2D eigenvalue weighted by Crippen LogP contribution is 2.42. The van der Waals surface area contributed by atoms with Gasteiger partial charge in [0.05, 0.1) is 7.11 Å². The van der Waals surface area contributed by atoms with Gasteiger partial charge in [0.15, 0.2) is 5.78 Å². The van der Waals surface area contributed by atoms with Crippen molar-refractivity contribution in [3.8, 4) is 27.7 Å². The molecule has 1 aliphatic heterocycles. The summed E-state index contributed by atoms with van der Waals surface area (Å²) in [4.78, 5) is 20.2. The second-order valence-electron chi connectivity index (χ2n) is 12.2. The van der Waals surface area contributed by atoms with E-state index in [0.717, 1.165) is 69.4 Å². The number of carbonyl (C=O) groups excluding carboxylic acids is 1. The number of likely N-dealkylation sites (N-methyl/N-ethyl adjacent to an activating group) is 1. The summed E-state index contributed by atoms with van der Waals surface area (Å²) >= 11 is 1.63. The predicted molar refractivity (Wildman–Crippen MR) is 184 cm³/mol. The maximum atomic E-state index is 14.2. The van der Waals surface area contributed by atoms with Crippen molar-refractivity contribution < 1.29 is 19.0 Å². The monoisotopic (exact) mass is 626 g/mol. The van der Waals surface area contributed by atoms with Crippen LogP contribution in [0, 0.1) is 0 Å². The summed E-state index contributed by atoms with van der Waals surface area (Å²) in [5.41, 5.74) is 2.39. The second kappa shape index (κ2) is 14.8. The smallest absolute Gasteiger partial charge is 0.195 e. The number of likely N-dealkylation sites (tertiary alicyclic amines) is 1. The molecule has 1 aromatic heterocycles. The molecular weight excluding hydrogens is 580 g/mol. The Morgan fingerprint density at radius 1 is 0.867 bits per heavy atom. The first-order valence-corrected chi connectivity index (χ1v) is 17.5. The molecule has 1 saturated heterocycles. The molecule has 2 heterocycles. The highest BCUT2D eigenvalue weighted by atomic mass is 32.1. The van der Waals surface area contributed by atoms with E-state index in [1.54, 1.807) is 18.4 Å². The first-order valence-electron chi connectivity index (χ1n) is 16.7. The zero-order valence-corrected chi connectivity index (χ0v) is 27.7. The Labute approximate surface area is 271 Å². The van der Waals surface area contributed by atoms with Gasteiger partial charge in [-0.15, -0.1) is 11.3 Å². The molecule has 7 heteroatoms. The van der Waals surface area contributed by atoms with Gasteiger partial charge in [-0.2, -0.15) is 0 Å². The van der Waals surface area contributed by atoms with Crippen LogP contribution in [0.1, 0.15) is 68.3 Å². The van der Waals surface area contributed by atoms with Crippen LogP contribution in [0.25, 0.3) is 20.5 Å². The Kier molecular flexibility index (Phi) is 10.4. The number of nitrogens with zero attached hydrogens (tertiary/aromatic N) is 2. The summed E-state index contributed by atoms with van der Waals surface area (Å²) in [7, 11) is 1.67. The summed E-state index contributed by atoms with van der Waals surface area (Å²) in [6, 6.07) is 22.3. The van der Waals surface area contributed by atoms with Crippen LogP contribution in [-0.2, 0) is 0 Å². The van der Waals surface area contributed by atoms with Gasteiger partial charge in [-0.25, -0.2) is 0 Å². The predicted octanol–water partition coefficient (Wildman–Crippen LogP) is 8.31. The number of hydrogen-bond donors (Lipinski definition) is 0. The fourth-order valence-corrected chi connectivity index (χ4v) is 8.20. The molecule has 2 fully saturated rings. The van der Waals surface area contributed by atoms with E-state index in [-0.39, 0.29) is 11.9 Å². The SMILES string of the molecule is CCN(CC)C1CCCCC1Oc1ccc(C(=O)c2c(-c3ccc(OCCN4CCCC4)cc3)sc3cc(OC)ccc23)cc1. The molecule has 1 saturated carbocycles. The first kappa shape index (κ1) is 31.6. The van der Waals surface area contributed by atoms with Gasteiger partial charge in [0.25, 0.3) is 0 Å². The van der Waals surface area contributed by atoms with Crippen molar-refractivity contribution in [2.75, 3.05) is 46.4 Å². The summed E-state index contributed by atoms with van der Waals surface area (Å²) in [5.74, 6) is 2.47. The molecule has 2 atom stereocenters. The van der Waals surface area contributed by atoms with Crippen molar-refractivity contribution in [1.82, 2.24) is 9.80 Å². The van der Waals surface area contributed by atoms with Crippen LogP contribution < -0.4 is 14.2 Å². The highest BCUT2D eigenvalue weighted by molar-refractivity contribution is 7.22. The second-order valence-corrected chi connectivity index (χ2v) is 13.2. The molecule has 0 bridgehead atoms. The first-order chi connectivity index (χ1) is 22.1. The molecule has 6 nitrogen and oxygen atoms in total. The van der Waals surface area contributed by atoms with E-state index in [0.29, 0.717) is 18.2 Å². The molecule has 4 aromatic rings. The van der Waals surface area contributed by atoms with E-state index in [4.69, 9.17) is 14.2 Å². The zero-order chi connectivity index (χ0) is 31.2. The largest absolute Gasteiger partial charge is 0.497 e. The van der Waals surface area contributed by atoms with Gasteiger partial charge in [-0.05, 0) is 131 Å². The number of thiophene rings is 1. The van der Waals surface area contributed by atoms with Gasteiger partial charge in [0.1, 0.15) is 30.0 Å². The molecule has 0 amide bonds. The van der Waals surface area contributed by atoms with E-state index >= 15 is 0 Å². The number of methoxy groups -OCH3 is 1. The Bertz CT molecular complexity index is 1560. The van der Waals surface area contributed by atoms with Gasteiger partial charge < -0.3 is 14.2 Å². The third kappa shape index (κ3) is 7.21. The molecule has 0 spiro atoms. The summed E-state index contributed by atoms with van der Waals surface area (Å²) in [6.45, 7) is 10.5. The van der Waals surface area contributed by atoms with E-state index in [1.165, 1.54) is 45.2 Å². The summed E-state index contributed by atoms with van der Waals surface area (Å²) < 4.78 is 19.1. The number of carbonyl (C=O) groups is 1. The molecule has 2 unspecified atom stereocenters. The minimum absolute atomic E-state index is 0.0117. The molecule has 0 radical (unpaired) electrons. The Morgan fingerprint density at radius 2 is 1.56 bits per heavy atom. The van der Waals surface area contributed by atoms with Crippen LogP contribution >= 0.6 is 11.3 Å². The molecule has 238 valence electrons. The van der Waals surface area contributed by atoms with Crippen molar-refractivity contribution in [2.24, 2.45) is 0 Å². The lowest BCUT2D eigenvalue weighted by molar-refractivity contribution is 0.0413. The third-order valence-corrected chi connectivity index (χ3v) is 10.7. The minimum Gasteiger partial charge on any atom is -0.497 e. The quantitative estimate of drug-likeness (QED) is 0.139. The van der Waals surface area contributed by atoms with Gasteiger partial charge in [0.2, 0.25) is 0 Å². The minimum atomic E-state index is 0.0117. The van der Waals surface area contributed by atoms with Crippen molar-refractivity contribution in [1.29, 1.82) is 0 Å². The molecule has 1 aliphatic carbocycles. The summed E-state index contributed by atoms with van der Waals surface area (Å²) in [5, 5.41) is 0.941.